The molecule has 0 aliphatic carbocycles. The quantitative estimate of drug-likeness (QED) is 0.858. The largest absolute Gasteiger partial charge is 0.340 e. The van der Waals surface area contributed by atoms with E-state index in [4.69, 9.17) is 0 Å². The lowest BCUT2D eigenvalue weighted by molar-refractivity contribution is -0.131. The molecule has 0 bridgehead atoms. The molecule has 1 fully saturated rings. The second kappa shape index (κ2) is 7.66. The van der Waals surface area contributed by atoms with Crippen molar-refractivity contribution in [1.82, 2.24) is 14.7 Å². The van der Waals surface area contributed by atoms with Crippen LogP contribution in [0.1, 0.15) is 22.8 Å². The summed E-state index contributed by atoms with van der Waals surface area (Å²) in [6.07, 6.45) is 2.46. The lowest BCUT2D eigenvalue weighted by Crippen LogP contribution is -2.38. The van der Waals surface area contributed by atoms with Crippen LogP contribution >= 0.6 is 11.8 Å². The molecule has 3 rings (SSSR count). The highest BCUT2D eigenvalue weighted by atomic mass is 32.2. The molecule has 0 unspecified atom stereocenters. The number of nitrogens with zero attached hydrogens (tertiary/aromatic N) is 3. The Hall–Kier alpha value is -2.08. The lowest BCUT2D eigenvalue weighted by atomic mass is 10.0. The first kappa shape index (κ1) is 16.8. The normalized spacial score (nSPS) is 18.2. The maximum atomic E-state index is 12.5. The molecule has 5 nitrogen and oxygen atoms in total. The van der Waals surface area contributed by atoms with Gasteiger partial charge in [0.2, 0.25) is 5.91 Å². The summed E-state index contributed by atoms with van der Waals surface area (Å²) in [4.78, 5) is 26.1. The van der Waals surface area contributed by atoms with Crippen molar-refractivity contribution in [3.8, 4) is 0 Å². The molecule has 126 valence electrons. The highest BCUT2D eigenvalue weighted by Gasteiger charge is 2.23. The van der Waals surface area contributed by atoms with E-state index in [1.807, 2.05) is 16.7 Å². The van der Waals surface area contributed by atoms with Crippen molar-refractivity contribution in [2.45, 2.75) is 25.1 Å². The summed E-state index contributed by atoms with van der Waals surface area (Å²) in [5.41, 5.74) is 2.42. The predicted octanol–water partition coefficient (Wildman–Crippen LogP) is 2.26. The molecule has 1 aliphatic rings. The van der Waals surface area contributed by atoms with Gasteiger partial charge in [-0.25, -0.2) is 4.68 Å². The van der Waals surface area contributed by atoms with E-state index in [0.29, 0.717) is 18.3 Å². The number of carbonyl (C=O) groups is 1. The Bertz CT molecular complexity index is 775. The highest BCUT2D eigenvalue weighted by Crippen LogP contribution is 2.35. The van der Waals surface area contributed by atoms with Crippen LogP contribution in [0.2, 0.25) is 0 Å². The molecule has 0 spiro atoms. The SMILES string of the molecule is Cc1ccccc1[C@@H]1CCN(C(=O)Cn2ncccc2=O)CCS1. The number of aromatic nitrogens is 2. The molecule has 6 heteroatoms. The monoisotopic (exact) mass is 343 g/mol. The smallest absolute Gasteiger partial charge is 0.267 e. The number of hydrogen-bond acceptors (Lipinski definition) is 4. The Labute approximate surface area is 145 Å². The Kier molecular flexibility index (Phi) is 5.35. The number of hydrogen-bond donors (Lipinski definition) is 0. The van der Waals surface area contributed by atoms with Crippen molar-refractivity contribution in [1.29, 1.82) is 0 Å². The Balaban J connectivity index is 1.65. The molecule has 1 aromatic heterocycles. The van der Waals surface area contributed by atoms with Crippen molar-refractivity contribution < 1.29 is 4.79 Å². The summed E-state index contributed by atoms with van der Waals surface area (Å²) < 4.78 is 1.22. The van der Waals surface area contributed by atoms with Crippen LogP contribution in [0.25, 0.3) is 0 Å². The number of rotatable bonds is 3. The first-order chi connectivity index (χ1) is 11.6. The summed E-state index contributed by atoms with van der Waals surface area (Å²) in [5, 5.41) is 4.38. The third kappa shape index (κ3) is 3.87. The molecule has 0 N–H and O–H groups in total. The zero-order valence-electron chi connectivity index (χ0n) is 13.7. The third-order valence-electron chi connectivity index (χ3n) is 4.30. The lowest BCUT2D eigenvalue weighted by Gasteiger charge is -2.20. The first-order valence-electron chi connectivity index (χ1n) is 8.12. The van der Waals surface area contributed by atoms with Crippen LogP contribution in [0, 0.1) is 6.92 Å². The fourth-order valence-corrected chi connectivity index (χ4v) is 4.28. The minimum Gasteiger partial charge on any atom is -0.340 e. The molecular weight excluding hydrogens is 322 g/mol. The van der Waals surface area contributed by atoms with E-state index in [-0.39, 0.29) is 18.0 Å². The van der Waals surface area contributed by atoms with E-state index >= 15 is 0 Å². The molecule has 0 saturated carbocycles. The van der Waals surface area contributed by atoms with Crippen LogP contribution in [0.15, 0.2) is 47.4 Å². The number of aryl methyl sites for hydroxylation is 1. The summed E-state index contributed by atoms with van der Waals surface area (Å²) in [5.74, 6) is 0.865. The molecule has 2 aromatic rings. The average molecular weight is 343 g/mol. The van der Waals surface area contributed by atoms with Crippen molar-refractivity contribution in [2.75, 3.05) is 18.8 Å². The number of amides is 1. The van der Waals surface area contributed by atoms with Crippen LogP contribution in [-0.4, -0.2) is 39.4 Å². The standard InChI is InChI=1S/C18H21N3O2S/c1-14-5-2-3-6-15(14)16-8-10-20(11-12-24-16)18(23)13-21-17(22)7-4-9-19-21/h2-7,9,16H,8,10-13H2,1H3/t16-/m0/s1. The minimum atomic E-state index is -0.243. The van der Waals surface area contributed by atoms with Gasteiger partial charge in [-0.1, -0.05) is 24.3 Å². The first-order valence-corrected chi connectivity index (χ1v) is 9.17. The van der Waals surface area contributed by atoms with E-state index in [9.17, 15) is 9.59 Å². The maximum absolute atomic E-state index is 12.5. The van der Waals surface area contributed by atoms with E-state index in [1.165, 1.54) is 28.1 Å². The molecular formula is C18H21N3O2S. The second-order valence-corrected chi connectivity index (χ2v) is 7.22. The fourth-order valence-electron chi connectivity index (χ4n) is 2.95. The molecule has 1 amide bonds. The topological polar surface area (TPSA) is 55.2 Å². The van der Waals surface area contributed by atoms with Gasteiger partial charge < -0.3 is 4.90 Å². The van der Waals surface area contributed by atoms with Crippen molar-refractivity contribution >= 4 is 17.7 Å². The van der Waals surface area contributed by atoms with Gasteiger partial charge in [-0.3, -0.25) is 9.59 Å². The second-order valence-electron chi connectivity index (χ2n) is 5.91. The Morgan fingerprint density at radius 2 is 2.08 bits per heavy atom. The van der Waals surface area contributed by atoms with Gasteiger partial charge in [0.15, 0.2) is 0 Å². The van der Waals surface area contributed by atoms with E-state index in [1.54, 1.807) is 6.07 Å². The molecule has 1 aromatic carbocycles. The van der Waals surface area contributed by atoms with E-state index in [0.717, 1.165) is 12.2 Å². The van der Waals surface area contributed by atoms with Crippen molar-refractivity contribution in [3.63, 3.8) is 0 Å². The molecule has 24 heavy (non-hydrogen) atoms. The van der Waals surface area contributed by atoms with Crippen LogP contribution in [0.4, 0.5) is 0 Å². The van der Waals surface area contributed by atoms with Gasteiger partial charge in [0, 0.05) is 36.4 Å². The fraction of sp³-hybridized carbons (Fsp3) is 0.389. The van der Waals surface area contributed by atoms with E-state index in [2.05, 4.69) is 36.3 Å². The molecule has 2 heterocycles. The average Bonchev–Trinajstić information content (AvgIpc) is 2.83. The maximum Gasteiger partial charge on any atom is 0.267 e. The summed E-state index contributed by atoms with van der Waals surface area (Å²) >= 11 is 1.90. The highest BCUT2D eigenvalue weighted by molar-refractivity contribution is 7.99. The summed E-state index contributed by atoms with van der Waals surface area (Å²) in [6.45, 7) is 3.58. The molecule has 0 radical (unpaired) electrons. The van der Waals surface area contributed by atoms with Crippen LogP contribution in [0.5, 0.6) is 0 Å². The van der Waals surface area contributed by atoms with Crippen LogP contribution in [-0.2, 0) is 11.3 Å². The van der Waals surface area contributed by atoms with Crippen LogP contribution in [0.3, 0.4) is 0 Å². The predicted molar refractivity (Wildman–Crippen MR) is 96.1 cm³/mol. The van der Waals surface area contributed by atoms with Gasteiger partial charge in [-0.05, 0) is 30.5 Å². The zero-order chi connectivity index (χ0) is 16.9. The van der Waals surface area contributed by atoms with E-state index < -0.39 is 0 Å². The Morgan fingerprint density at radius 1 is 1.25 bits per heavy atom. The van der Waals surface area contributed by atoms with Gasteiger partial charge in [-0.15, -0.1) is 0 Å². The van der Waals surface area contributed by atoms with Gasteiger partial charge in [0.25, 0.3) is 5.56 Å². The molecule has 1 saturated heterocycles. The molecule has 1 aliphatic heterocycles. The third-order valence-corrected chi connectivity index (χ3v) is 5.61. The van der Waals surface area contributed by atoms with Crippen molar-refractivity contribution in [3.05, 3.63) is 64.1 Å². The number of carbonyl (C=O) groups excluding carboxylic acids is 1. The molecule has 1 atom stereocenters. The van der Waals surface area contributed by atoms with Gasteiger partial charge >= 0.3 is 0 Å². The summed E-state index contributed by atoms with van der Waals surface area (Å²) in [6, 6.07) is 11.4. The van der Waals surface area contributed by atoms with Crippen LogP contribution < -0.4 is 5.56 Å². The summed E-state index contributed by atoms with van der Waals surface area (Å²) in [7, 11) is 0. The number of thioether (sulfide) groups is 1. The van der Waals surface area contributed by atoms with Crippen molar-refractivity contribution in [2.24, 2.45) is 0 Å². The number of benzene rings is 1. The van der Waals surface area contributed by atoms with Gasteiger partial charge in [-0.2, -0.15) is 16.9 Å². The van der Waals surface area contributed by atoms with Gasteiger partial charge in [0.1, 0.15) is 6.54 Å². The Morgan fingerprint density at radius 3 is 2.88 bits per heavy atom. The minimum absolute atomic E-state index is 0.0133. The zero-order valence-corrected chi connectivity index (χ0v) is 14.5. The van der Waals surface area contributed by atoms with Gasteiger partial charge in [0.05, 0.1) is 0 Å².